The first-order valence-corrected chi connectivity index (χ1v) is 10.5. The fourth-order valence-electron chi connectivity index (χ4n) is 2.67. The molecule has 0 aliphatic carbocycles. The largest absolute Gasteiger partial charge is 0.438 e. The number of ether oxygens (including phenoxy) is 1. The van der Waals surface area contributed by atoms with E-state index in [0.717, 1.165) is 10.0 Å². The van der Waals surface area contributed by atoms with Gasteiger partial charge >= 0.3 is 6.03 Å². The zero-order valence-corrected chi connectivity index (χ0v) is 18.8. The van der Waals surface area contributed by atoms with Crippen LogP contribution in [0.3, 0.4) is 0 Å². The average molecular weight is 483 g/mol. The van der Waals surface area contributed by atoms with Gasteiger partial charge in [-0.2, -0.15) is 0 Å². The molecular formula is C23H23BrN4O3. The summed E-state index contributed by atoms with van der Waals surface area (Å²) in [6, 6.07) is 17.7. The number of pyridine rings is 1. The van der Waals surface area contributed by atoms with Crippen LogP contribution in [0.1, 0.15) is 29.8 Å². The van der Waals surface area contributed by atoms with Gasteiger partial charge in [-0.1, -0.05) is 28.1 Å². The van der Waals surface area contributed by atoms with Crippen molar-refractivity contribution in [3.05, 3.63) is 82.5 Å². The van der Waals surface area contributed by atoms with Gasteiger partial charge in [0.1, 0.15) is 11.3 Å². The number of amides is 3. The van der Waals surface area contributed by atoms with Crippen molar-refractivity contribution >= 4 is 33.6 Å². The molecule has 7 nitrogen and oxygen atoms in total. The van der Waals surface area contributed by atoms with E-state index >= 15 is 0 Å². The van der Waals surface area contributed by atoms with Crippen LogP contribution in [-0.2, 0) is 6.54 Å². The number of hydrogen-bond donors (Lipinski definition) is 3. The molecule has 1 aromatic heterocycles. The minimum absolute atomic E-state index is 0.0552. The lowest BCUT2D eigenvalue weighted by Gasteiger charge is -2.12. The van der Waals surface area contributed by atoms with Crippen molar-refractivity contribution in [2.45, 2.75) is 26.4 Å². The number of halogens is 1. The molecule has 1 heterocycles. The van der Waals surface area contributed by atoms with Crippen molar-refractivity contribution < 1.29 is 14.3 Å². The maximum absolute atomic E-state index is 12.7. The number of nitrogens with zero attached hydrogens (tertiary/aromatic N) is 1. The number of aromatic nitrogens is 1. The Morgan fingerprint density at radius 3 is 2.42 bits per heavy atom. The van der Waals surface area contributed by atoms with Gasteiger partial charge in [0.2, 0.25) is 5.88 Å². The quantitative estimate of drug-likeness (QED) is 0.436. The summed E-state index contributed by atoms with van der Waals surface area (Å²) in [7, 11) is 0. The molecule has 0 spiro atoms. The van der Waals surface area contributed by atoms with Crippen molar-refractivity contribution in [1.29, 1.82) is 0 Å². The van der Waals surface area contributed by atoms with Gasteiger partial charge < -0.3 is 20.7 Å². The highest BCUT2D eigenvalue weighted by molar-refractivity contribution is 9.10. The van der Waals surface area contributed by atoms with E-state index in [2.05, 4.69) is 36.9 Å². The van der Waals surface area contributed by atoms with Crippen LogP contribution in [0.15, 0.2) is 71.3 Å². The topological polar surface area (TPSA) is 92.4 Å². The van der Waals surface area contributed by atoms with Gasteiger partial charge in [-0.25, -0.2) is 9.78 Å². The Morgan fingerprint density at radius 1 is 1.03 bits per heavy atom. The van der Waals surface area contributed by atoms with Crippen molar-refractivity contribution in [2.75, 3.05) is 5.32 Å². The van der Waals surface area contributed by atoms with Gasteiger partial charge in [-0.05, 0) is 67.9 Å². The van der Waals surface area contributed by atoms with Crippen LogP contribution in [0, 0.1) is 0 Å². The maximum Gasteiger partial charge on any atom is 0.319 e. The van der Waals surface area contributed by atoms with Crippen LogP contribution >= 0.6 is 15.9 Å². The van der Waals surface area contributed by atoms with Crippen LogP contribution < -0.4 is 20.7 Å². The molecule has 0 fully saturated rings. The van der Waals surface area contributed by atoms with Crippen LogP contribution in [0.5, 0.6) is 11.6 Å². The molecule has 2 aromatic carbocycles. The minimum Gasteiger partial charge on any atom is -0.438 e. The van der Waals surface area contributed by atoms with E-state index in [0.29, 0.717) is 23.5 Å². The van der Waals surface area contributed by atoms with Crippen LogP contribution in [0.2, 0.25) is 0 Å². The Bertz CT molecular complexity index is 1040. The standard InChI is InChI=1S/C23H23BrN4O3/c1-15(2)27-23(30)28-18-9-5-16(6-10-18)14-26-21(29)20-4-3-13-25-22(20)31-19-11-7-17(24)8-12-19/h3-13,15H,14H2,1-2H3,(H,26,29)(H2,27,28,30). The molecule has 0 radical (unpaired) electrons. The Morgan fingerprint density at radius 2 is 1.74 bits per heavy atom. The van der Waals surface area contributed by atoms with Gasteiger partial charge in [0.25, 0.3) is 5.91 Å². The number of nitrogens with one attached hydrogen (secondary N) is 3. The first kappa shape index (κ1) is 22.3. The summed E-state index contributed by atoms with van der Waals surface area (Å²) < 4.78 is 6.71. The Kier molecular flexibility index (Phi) is 7.61. The predicted octanol–water partition coefficient (Wildman–Crippen LogP) is 5.10. The molecular weight excluding hydrogens is 460 g/mol. The zero-order chi connectivity index (χ0) is 22.2. The number of urea groups is 1. The zero-order valence-electron chi connectivity index (χ0n) is 17.2. The first-order chi connectivity index (χ1) is 14.9. The second-order valence-corrected chi connectivity index (χ2v) is 7.96. The Hall–Kier alpha value is -3.39. The summed E-state index contributed by atoms with van der Waals surface area (Å²) in [5.74, 6) is 0.525. The summed E-state index contributed by atoms with van der Waals surface area (Å²) in [6.07, 6.45) is 1.58. The van der Waals surface area contributed by atoms with Gasteiger partial charge in [0.05, 0.1) is 0 Å². The number of carbonyl (C=O) groups excluding carboxylic acids is 2. The molecule has 0 atom stereocenters. The van der Waals surface area contributed by atoms with E-state index in [1.807, 2.05) is 38.1 Å². The summed E-state index contributed by atoms with van der Waals surface area (Å²) in [5.41, 5.74) is 1.90. The fraction of sp³-hybridized carbons (Fsp3) is 0.174. The molecule has 0 aliphatic rings. The predicted molar refractivity (Wildman–Crippen MR) is 123 cm³/mol. The first-order valence-electron chi connectivity index (χ1n) is 9.74. The monoisotopic (exact) mass is 482 g/mol. The Labute approximate surface area is 189 Å². The third-order valence-corrected chi connectivity index (χ3v) is 4.66. The van der Waals surface area contributed by atoms with Gasteiger partial charge in [-0.3, -0.25) is 4.79 Å². The average Bonchev–Trinajstić information content (AvgIpc) is 2.74. The van der Waals surface area contributed by atoms with Crippen LogP contribution in [-0.4, -0.2) is 23.0 Å². The van der Waals surface area contributed by atoms with Gasteiger partial charge in [-0.15, -0.1) is 0 Å². The van der Waals surface area contributed by atoms with Crippen molar-refractivity contribution in [1.82, 2.24) is 15.6 Å². The molecule has 0 saturated heterocycles. The third kappa shape index (κ3) is 6.82. The molecule has 8 heteroatoms. The van der Waals surface area contributed by atoms with Crippen LogP contribution in [0.25, 0.3) is 0 Å². The van der Waals surface area contributed by atoms with E-state index in [1.54, 1.807) is 42.6 Å². The van der Waals surface area contributed by atoms with Crippen molar-refractivity contribution in [2.24, 2.45) is 0 Å². The second kappa shape index (κ2) is 10.6. The van der Waals surface area contributed by atoms with E-state index in [9.17, 15) is 9.59 Å². The third-order valence-electron chi connectivity index (χ3n) is 4.13. The highest BCUT2D eigenvalue weighted by atomic mass is 79.9. The van der Waals surface area contributed by atoms with Crippen molar-refractivity contribution in [3.63, 3.8) is 0 Å². The molecule has 3 amide bonds. The molecule has 3 N–H and O–H groups in total. The van der Waals surface area contributed by atoms with E-state index in [1.165, 1.54) is 0 Å². The molecule has 3 aromatic rings. The fourth-order valence-corrected chi connectivity index (χ4v) is 2.94. The number of hydrogen-bond acceptors (Lipinski definition) is 4. The smallest absolute Gasteiger partial charge is 0.319 e. The summed E-state index contributed by atoms with van der Waals surface area (Å²) in [5, 5.41) is 8.39. The van der Waals surface area contributed by atoms with E-state index in [-0.39, 0.29) is 23.9 Å². The molecule has 160 valence electrons. The highest BCUT2D eigenvalue weighted by Crippen LogP contribution is 2.24. The Balaban J connectivity index is 1.59. The lowest BCUT2D eigenvalue weighted by molar-refractivity contribution is 0.0948. The number of rotatable bonds is 7. The van der Waals surface area contributed by atoms with Gasteiger partial charge in [0.15, 0.2) is 0 Å². The molecule has 31 heavy (non-hydrogen) atoms. The number of benzene rings is 2. The molecule has 0 bridgehead atoms. The molecule has 0 unspecified atom stereocenters. The second-order valence-electron chi connectivity index (χ2n) is 7.04. The van der Waals surface area contributed by atoms with Crippen molar-refractivity contribution in [3.8, 4) is 11.6 Å². The normalized spacial score (nSPS) is 10.5. The SMILES string of the molecule is CC(C)NC(=O)Nc1ccc(CNC(=O)c2cccnc2Oc2ccc(Br)cc2)cc1. The lowest BCUT2D eigenvalue weighted by atomic mass is 10.2. The number of carbonyl (C=O) groups is 2. The summed E-state index contributed by atoms with van der Waals surface area (Å²) >= 11 is 3.38. The highest BCUT2D eigenvalue weighted by Gasteiger charge is 2.14. The summed E-state index contributed by atoms with van der Waals surface area (Å²) in [6.45, 7) is 4.11. The minimum atomic E-state index is -0.293. The lowest BCUT2D eigenvalue weighted by Crippen LogP contribution is -2.34. The number of anilines is 1. The van der Waals surface area contributed by atoms with E-state index < -0.39 is 0 Å². The summed E-state index contributed by atoms with van der Waals surface area (Å²) in [4.78, 5) is 28.6. The van der Waals surface area contributed by atoms with Crippen LogP contribution in [0.4, 0.5) is 10.5 Å². The molecule has 0 aliphatic heterocycles. The van der Waals surface area contributed by atoms with E-state index in [4.69, 9.17) is 4.74 Å². The molecule has 3 rings (SSSR count). The maximum atomic E-state index is 12.7. The van der Waals surface area contributed by atoms with Gasteiger partial charge in [0, 0.05) is 28.9 Å². The molecule has 0 saturated carbocycles.